The molecule has 2 rings (SSSR count). The number of carbonyl (C=O) groups is 1. The monoisotopic (exact) mass is 351 g/mol. The number of sulfonamides is 1. The van der Waals surface area contributed by atoms with Crippen LogP contribution in [0.4, 0.5) is 0 Å². The van der Waals surface area contributed by atoms with Crippen LogP contribution in [0.15, 0.2) is 23.1 Å². The van der Waals surface area contributed by atoms with Crippen molar-refractivity contribution in [1.82, 2.24) is 4.31 Å². The molecule has 1 heterocycles. The molecule has 0 amide bonds. The second kappa shape index (κ2) is 6.52. The second-order valence-electron chi connectivity index (χ2n) is 5.06. The van der Waals surface area contributed by atoms with Crippen molar-refractivity contribution in [2.75, 3.05) is 13.1 Å². The zero-order valence-electron chi connectivity index (χ0n) is 11.1. The average molecular weight is 352 g/mol. The van der Waals surface area contributed by atoms with E-state index in [2.05, 4.69) is 0 Å². The van der Waals surface area contributed by atoms with E-state index in [1.165, 1.54) is 22.5 Å². The number of halogens is 2. The molecule has 1 aromatic carbocycles. The Morgan fingerprint density at radius 2 is 1.90 bits per heavy atom. The fourth-order valence-corrected chi connectivity index (χ4v) is 4.66. The van der Waals surface area contributed by atoms with Gasteiger partial charge in [-0.15, -0.1) is 0 Å². The molecule has 0 aliphatic carbocycles. The van der Waals surface area contributed by atoms with Gasteiger partial charge in [-0.3, -0.25) is 4.79 Å². The van der Waals surface area contributed by atoms with Gasteiger partial charge in [0.15, 0.2) is 0 Å². The standard InChI is InChI=1S/C13H15Cl2NO4S/c14-10-5-11(15)7-12(6-10)21(19,20)16-4-3-9(8-16)1-2-13(17)18/h5-7,9H,1-4,8H2,(H,17,18). The van der Waals surface area contributed by atoms with Crippen molar-refractivity contribution in [2.24, 2.45) is 5.92 Å². The Kier molecular flexibility index (Phi) is 5.14. The van der Waals surface area contributed by atoms with E-state index in [1.807, 2.05) is 0 Å². The van der Waals surface area contributed by atoms with E-state index in [4.69, 9.17) is 28.3 Å². The van der Waals surface area contributed by atoms with Crippen LogP contribution in [0.25, 0.3) is 0 Å². The van der Waals surface area contributed by atoms with Crippen LogP contribution in [-0.2, 0) is 14.8 Å². The maximum absolute atomic E-state index is 12.5. The first-order valence-electron chi connectivity index (χ1n) is 6.47. The Bertz CT molecular complexity index is 627. The fraction of sp³-hybridized carbons (Fsp3) is 0.462. The number of aliphatic carboxylic acids is 1. The first-order valence-corrected chi connectivity index (χ1v) is 8.66. The van der Waals surface area contributed by atoms with Gasteiger partial charge < -0.3 is 5.11 Å². The van der Waals surface area contributed by atoms with E-state index in [9.17, 15) is 13.2 Å². The third kappa shape index (κ3) is 4.10. The van der Waals surface area contributed by atoms with Gasteiger partial charge >= 0.3 is 5.97 Å². The van der Waals surface area contributed by atoms with E-state index in [-0.39, 0.29) is 27.3 Å². The van der Waals surface area contributed by atoms with E-state index < -0.39 is 16.0 Å². The largest absolute Gasteiger partial charge is 0.481 e. The molecular formula is C13H15Cl2NO4S. The first kappa shape index (κ1) is 16.5. The summed E-state index contributed by atoms with van der Waals surface area (Å²) in [5.41, 5.74) is 0. The van der Waals surface area contributed by atoms with E-state index in [1.54, 1.807) is 0 Å². The van der Waals surface area contributed by atoms with Gasteiger partial charge in [-0.2, -0.15) is 4.31 Å². The van der Waals surface area contributed by atoms with Gasteiger partial charge in [-0.05, 0) is 37.0 Å². The summed E-state index contributed by atoms with van der Waals surface area (Å²) in [6.45, 7) is 0.719. The van der Waals surface area contributed by atoms with Gasteiger partial charge in [-0.25, -0.2) is 8.42 Å². The zero-order chi connectivity index (χ0) is 15.6. The Balaban J connectivity index is 2.12. The van der Waals surface area contributed by atoms with Crippen LogP contribution in [0.1, 0.15) is 19.3 Å². The topological polar surface area (TPSA) is 74.7 Å². The van der Waals surface area contributed by atoms with Crippen LogP contribution in [0.5, 0.6) is 0 Å². The van der Waals surface area contributed by atoms with Crippen LogP contribution in [0.2, 0.25) is 10.0 Å². The SMILES string of the molecule is O=C(O)CCC1CCN(S(=O)(=O)c2cc(Cl)cc(Cl)c2)C1. The molecule has 0 aromatic heterocycles. The fourth-order valence-electron chi connectivity index (χ4n) is 2.41. The Hall–Kier alpha value is -0.820. The molecule has 1 unspecified atom stereocenters. The first-order chi connectivity index (χ1) is 9.79. The number of rotatable bonds is 5. The van der Waals surface area contributed by atoms with Crippen molar-refractivity contribution in [2.45, 2.75) is 24.2 Å². The minimum absolute atomic E-state index is 0.0571. The highest BCUT2D eigenvalue weighted by molar-refractivity contribution is 7.89. The molecule has 0 saturated carbocycles. The molecule has 1 atom stereocenters. The molecule has 1 aliphatic heterocycles. The predicted molar refractivity (Wildman–Crippen MR) is 80.2 cm³/mol. The highest BCUT2D eigenvalue weighted by Crippen LogP contribution is 2.29. The van der Waals surface area contributed by atoms with Gasteiger partial charge in [0.05, 0.1) is 4.90 Å². The lowest BCUT2D eigenvalue weighted by Crippen LogP contribution is -2.29. The molecule has 0 spiro atoms. The van der Waals surface area contributed by atoms with E-state index in [0.29, 0.717) is 25.9 Å². The van der Waals surface area contributed by atoms with Crippen molar-refractivity contribution in [3.05, 3.63) is 28.2 Å². The molecule has 5 nitrogen and oxygen atoms in total. The van der Waals surface area contributed by atoms with Crippen molar-refractivity contribution in [3.8, 4) is 0 Å². The number of hydrogen-bond acceptors (Lipinski definition) is 3. The quantitative estimate of drug-likeness (QED) is 0.884. The summed E-state index contributed by atoms with van der Waals surface area (Å²) < 4.78 is 26.4. The van der Waals surface area contributed by atoms with Crippen LogP contribution in [0.3, 0.4) is 0 Å². The summed E-state index contributed by atoms with van der Waals surface area (Å²) >= 11 is 11.7. The molecule has 0 radical (unpaired) electrons. The number of hydrogen-bond donors (Lipinski definition) is 1. The van der Waals surface area contributed by atoms with Crippen molar-refractivity contribution >= 4 is 39.2 Å². The molecule has 21 heavy (non-hydrogen) atoms. The molecule has 8 heteroatoms. The van der Waals surface area contributed by atoms with Gasteiger partial charge in [0.2, 0.25) is 10.0 Å². The summed E-state index contributed by atoms with van der Waals surface area (Å²) in [4.78, 5) is 10.6. The van der Waals surface area contributed by atoms with Crippen LogP contribution >= 0.6 is 23.2 Å². The van der Waals surface area contributed by atoms with Gasteiger partial charge in [0, 0.05) is 29.6 Å². The van der Waals surface area contributed by atoms with Crippen molar-refractivity contribution < 1.29 is 18.3 Å². The van der Waals surface area contributed by atoms with Gasteiger partial charge in [0.1, 0.15) is 0 Å². The lowest BCUT2D eigenvalue weighted by atomic mass is 10.0. The summed E-state index contributed by atoms with van der Waals surface area (Å²) in [6, 6.07) is 4.21. The Morgan fingerprint density at radius 1 is 1.29 bits per heavy atom. The summed E-state index contributed by atoms with van der Waals surface area (Å²) in [6.07, 6.45) is 1.21. The Labute approximate surface area is 133 Å². The summed E-state index contributed by atoms with van der Waals surface area (Å²) in [7, 11) is -3.64. The number of carboxylic acids is 1. The smallest absolute Gasteiger partial charge is 0.303 e. The van der Waals surface area contributed by atoms with Crippen LogP contribution in [-0.4, -0.2) is 36.9 Å². The highest BCUT2D eigenvalue weighted by atomic mass is 35.5. The normalized spacial score (nSPS) is 19.8. The second-order valence-corrected chi connectivity index (χ2v) is 7.87. The van der Waals surface area contributed by atoms with Crippen molar-refractivity contribution in [1.29, 1.82) is 0 Å². The molecule has 1 saturated heterocycles. The average Bonchev–Trinajstić information content (AvgIpc) is 2.84. The minimum Gasteiger partial charge on any atom is -0.481 e. The van der Waals surface area contributed by atoms with Crippen molar-refractivity contribution in [3.63, 3.8) is 0 Å². The van der Waals surface area contributed by atoms with Gasteiger partial charge in [-0.1, -0.05) is 23.2 Å². The zero-order valence-corrected chi connectivity index (χ0v) is 13.5. The van der Waals surface area contributed by atoms with Gasteiger partial charge in [0.25, 0.3) is 0 Å². The minimum atomic E-state index is -3.64. The van der Waals surface area contributed by atoms with Crippen LogP contribution < -0.4 is 0 Å². The number of carboxylic acid groups (broad SMARTS) is 1. The molecule has 1 aliphatic rings. The summed E-state index contributed by atoms with van der Waals surface area (Å²) in [5, 5.41) is 9.21. The number of nitrogens with zero attached hydrogens (tertiary/aromatic N) is 1. The Morgan fingerprint density at radius 3 is 2.48 bits per heavy atom. The molecule has 1 fully saturated rings. The lowest BCUT2D eigenvalue weighted by Gasteiger charge is -2.17. The number of benzene rings is 1. The molecule has 0 bridgehead atoms. The maximum atomic E-state index is 12.5. The summed E-state index contributed by atoms with van der Waals surface area (Å²) in [5.74, 6) is -0.788. The lowest BCUT2D eigenvalue weighted by molar-refractivity contribution is -0.137. The predicted octanol–water partition coefficient (Wildman–Crippen LogP) is 2.87. The molecule has 116 valence electrons. The third-order valence-corrected chi connectivity index (χ3v) is 5.77. The third-order valence-electron chi connectivity index (χ3n) is 3.49. The maximum Gasteiger partial charge on any atom is 0.303 e. The van der Waals surface area contributed by atoms with E-state index >= 15 is 0 Å². The molecule has 1 N–H and O–H groups in total. The molecular weight excluding hydrogens is 337 g/mol. The van der Waals surface area contributed by atoms with E-state index in [0.717, 1.165) is 0 Å². The highest BCUT2D eigenvalue weighted by Gasteiger charge is 2.32. The molecule has 1 aromatic rings. The van der Waals surface area contributed by atoms with Crippen LogP contribution in [0, 0.1) is 5.92 Å².